The van der Waals surface area contributed by atoms with Gasteiger partial charge in [0.1, 0.15) is 17.7 Å². The summed E-state index contributed by atoms with van der Waals surface area (Å²) in [5, 5.41) is 7.61. The van der Waals surface area contributed by atoms with Crippen LogP contribution < -0.4 is 14.8 Å². The first kappa shape index (κ1) is 12.0. The average Bonchev–Trinajstić information content (AvgIpc) is 3.11. The smallest absolute Gasteiger partial charge is 0.160 e. The van der Waals surface area contributed by atoms with E-state index >= 15 is 0 Å². The Bertz CT molecular complexity index is 547. The van der Waals surface area contributed by atoms with Crippen molar-refractivity contribution in [3.05, 3.63) is 36.7 Å². The number of benzene rings is 1. The number of methoxy groups -OCH3 is 1. The van der Waals surface area contributed by atoms with Crippen LogP contribution in [-0.4, -0.2) is 29.7 Å². The molecule has 3 rings (SSSR count). The van der Waals surface area contributed by atoms with Crippen LogP contribution in [0.2, 0.25) is 0 Å². The molecule has 1 unspecified atom stereocenters. The van der Waals surface area contributed by atoms with E-state index < -0.39 is 0 Å². The quantitative estimate of drug-likeness (QED) is 0.912. The summed E-state index contributed by atoms with van der Waals surface area (Å²) in [6, 6.07) is 7.77. The molecule has 1 N–H and O–H groups in total. The lowest BCUT2D eigenvalue weighted by atomic mass is 10.3. The maximum atomic E-state index is 5.82. The van der Waals surface area contributed by atoms with E-state index in [-0.39, 0.29) is 6.23 Å². The zero-order chi connectivity index (χ0) is 13.1. The zero-order valence-corrected chi connectivity index (χ0v) is 10.9. The highest BCUT2D eigenvalue weighted by Gasteiger charge is 2.16. The number of hydrogen-bond donors (Lipinski definition) is 1. The molecule has 0 radical (unpaired) electrons. The summed E-state index contributed by atoms with van der Waals surface area (Å²) >= 11 is 0. The minimum atomic E-state index is 0.107. The van der Waals surface area contributed by atoms with Gasteiger partial charge in [-0.1, -0.05) is 12.1 Å². The van der Waals surface area contributed by atoms with E-state index in [0.717, 1.165) is 36.6 Å². The third-order valence-electron chi connectivity index (χ3n) is 3.18. The highest BCUT2D eigenvalue weighted by molar-refractivity contribution is 5.46. The predicted octanol–water partition coefficient (Wildman–Crippen LogP) is 1.97. The molecule has 1 aromatic carbocycles. The third kappa shape index (κ3) is 2.56. The van der Waals surface area contributed by atoms with Crippen molar-refractivity contribution in [1.82, 2.24) is 15.1 Å². The van der Waals surface area contributed by atoms with Crippen LogP contribution in [0.15, 0.2) is 36.7 Å². The number of para-hydroxylation sites is 2. The van der Waals surface area contributed by atoms with Crippen LogP contribution in [0.4, 0.5) is 0 Å². The van der Waals surface area contributed by atoms with Crippen molar-refractivity contribution < 1.29 is 9.47 Å². The van der Waals surface area contributed by atoms with Gasteiger partial charge in [-0.05, 0) is 31.5 Å². The van der Waals surface area contributed by atoms with Crippen molar-refractivity contribution in [3.8, 4) is 17.2 Å². The molecule has 5 heteroatoms. The summed E-state index contributed by atoms with van der Waals surface area (Å²) in [7, 11) is 1.65. The van der Waals surface area contributed by atoms with E-state index in [2.05, 4.69) is 10.4 Å². The van der Waals surface area contributed by atoms with Crippen LogP contribution in [0.25, 0.3) is 5.69 Å². The molecule has 0 bridgehead atoms. The van der Waals surface area contributed by atoms with Gasteiger partial charge in [-0.25, -0.2) is 4.68 Å². The fourth-order valence-electron chi connectivity index (χ4n) is 2.24. The molecule has 0 spiro atoms. The highest BCUT2D eigenvalue weighted by atomic mass is 16.5. The second kappa shape index (κ2) is 5.32. The number of aromatic nitrogens is 2. The molecule has 0 aliphatic carbocycles. The van der Waals surface area contributed by atoms with Gasteiger partial charge in [-0.15, -0.1) is 0 Å². The lowest BCUT2D eigenvalue weighted by molar-refractivity contribution is 0.187. The Morgan fingerprint density at radius 1 is 1.37 bits per heavy atom. The van der Waals surface area contributed by atoms with E-state index in [1.807, 2.05) is 30.5 Å². The summed E-state index contributed by atoms with van der Waals surface area (Å²) in [4.78, 5) is 0. The van der Waals surface area contributed by atoms with Gasteiger partial charge >= 0.3 is 0 Å². The molecule has 100 valence electrons. The van der Waals surface area contributed by atoms with Crippen molar-refractivity contribution in [1.29, 1.82) is 0 Å². The Kier molecular flexibility index (Phi) is 3.37. The monoisotopic (exact) mass is 259 g/mol. The van der Waals surface area contributed by atoms with Gasteiger partial charge in [0.25, 0.3) is 0 Å². The van der Waals surface area contributed by atoms with Crippen LogP contribution in [0.3, 0.4) is 0 Å². The third-order valence-corrected chi connectivity index (χ3v) is 3.18. The molecule has 1 saturated heterocycles. The maximum Gasteiger partial charge on any atom is 0.160 e. The van der Waals surface area contributed by atoms with Crippen molar-refractivity contribution in [3.63, 3.8) is 0 Å². The molecule has 0 saturated carbocycles. The minimum Gasteiger partial charge on any atom is -0.494 e. The largest absolute Gasteiger partial charge is 0.494 e. The number of hydrogen-bond acceptors (Lipinski definition) is 4. The molecule has 2 aromatic rings. The van der Waals surface area contributed by atoms with Crippen LogP contribution in [-0.2, 0) is 0 Å². The number of rotatable bonds is 4. The molecular formula is C14H17N3O2. The fourth-order valence-corrected chi connectivity index (χ4v) is 2.24. The first-order valence-corrected chi connectivity index (χ1v) is 6.45. The molecule has 1 aliphatic heterocycles. The molecule has 1 aromatic heterocycles. The van der Waals surface area contributed by atoms with E-state index in [0.29, 0.717) is 0 Å². The fraction of sp³-hybridized carbons (Fsp3) is 0.357. The normalized spacial score (nSPS) is 18.5. The van der Waals surface area contributed by atoms with Gasteiger partial charge in [0.2, 0.25) is 0 Å². The van der Waals surface area contributed by atoms with Crippen LogP contribution >= 0.6 is 0 Å². The van der Waals surface area contributed by atoms with Crippen LogP contribution in [0, 0.1) is 0 Å². The van der Waals surface area contributed by atoms with Gasteiger partial charge in [-0.2, -0.15) is 5.10 Å². The first-order chi connectivity index (χ1) is 9.36. The molecular weight excluding hydrogens is 242 g/mol. The van der Waals surface area contributed by atoms with Crippen molar-refractivity contribution in [2.75, 3.05) is 13.7 Å². The second-order valence-electron chi connectivity index (χ2n) is 4.50. The van der Waals surface area contributed by atoms with Crippen LogP contribution in [0.5, 0.6) is 11.5 Å². The van der Waals surface area contributed by atoms with Crippen molar-refractivity contribution >= 4 is 0 Å². The highest BCUT2D eigenvalue weighted by Crippen LogP contribution is 2.23. The summed E-state index contributed by atoms with van der Waals surface area (Å²) in [5.74, 6) is 1.56. The number of ether oxygens (including phenoxy) is 2. The van der Waals surface area contributed by atoms with E-state index in [1.165, 1.54) is 0 Å². The van der Waals surface area contributed by atoms with Gasteiger partial charge in [-0.3, -0.25) is 5.32 Å². The van der Waals surface area contributed by atoms with Crippen molar-refractivity contribution in [2.45, 2.75) is 19.1 Å². The Morgan fingerprint density at radius 2 is 2.26 bits per heavy atom. The maximum absolute atomic E-state index is 5.82. The predicted molar refractivity (Wildman–Crippen MR) is 71.8 cm³/mol. The van der Waals surface area contributed by atoms with Crippen molar-refractivity contribution in [2.24, 2.45) is 0 Å². The minimum absolute atomic E-state index is 0.107. The molecule has 19 heavy (non-hydrogen) atoms. The lowest BCUT2D eigenvalue weighted by Gasteiger charge is -2.11. The first-order valence-electron chi connectivity index (χ1n) is 6.45. The second-order valence-corrected chi connectivity index (χ2v) is 4.50. The Hall–Kier alpha value is -2.01. The summed E-state index contributed by atoms with van der Waals surface area (Å²) in [6.45, 7) is 1.02. The lowest BCUT2D eigenvalue weighted by Crippen LogP contribution is -2.27. The van der Waals surface area contributed by atoms with Crippen LogP contribution in [0.1, 0.15) is 12.8 Å². The van der Waals surface area contributed by atoms with Gasteiger partial charge in [0.15, 0.2) is 5.75 Å². The Morgan fingerprint density at radius 3 is 3.05 bits per heavy atom. The summed E-state index contributed by atoms with van der Waals surface area (Å²) in [6.07, 6.45) is 5.91. The molecule has 1 atom stereocenters. The molecule has 2 heterocycles. The topological polar surface area (TPSA) is 48.3 Å². The van der Waals surface area contributed by atoms with Gasteiger partial charge < -0.3 is 9.47 Å². The SMILES string of the molecule is COc1ccccc1-n1cc(OC2CCCN2)cn1. The molecule has 0 amide bonds. The molecule has 1 fully saturated rings. The molecule has 5 nitrogen and oxygen atoms in total. The average molecular weight is 259 g/mol. The van der Waals surface area contributed by atoms with E-state index in [4.69, 9.17) is 9.47 Å². The van der Waals surface area contributed by atoms with Gasteiger partial charge in [0.05, 0.1) is 19.5 Å². The Balaban J connectivity index is 1.80. The number of nitrogens with one attached hydrogen (secondary N) is 1. The Labute approximate surface area is 112 Å². The van der Waals surface area contributed by atoms with E-state index in [1.54, 1.807) is 18.0 Å². The standard InChI is InChI=1S/C14H17N3O2/c1-18-13-6-3-2-5-12(13)17-10-11(9-16-17)19-14-7-4-8-15-14/h2-3,5-6,9-10,14-15H,4,7-8H2,1H3. The summed E-state index contributed by atoms with van der Waals surface area (Å²) in [5.41, 5.74) is 0.902. The zero-order valence-electron chi connectivity index (χ0n) is 10.9. The molecule has 1 aliphatic rings. The summed E-state index contributed by atoms with van der Waals surface area (Å²) < 4.78 is 12.9. The number of nitrogens with zero attached hydrogens (tertiary/aromatic N) is 2. The van der Waals surface area contributed by atoms with E-state index in [9.17, 15) is 0 Å². The van der Waals surface area contributed by atoms with Gasteiger partial charge in [0, 0.05) is 0 Å².